The highest BCUT2D eigenvalue weighted by atomic mass is 16.5. The number of ether oxygens (including phenoxy) is 1. The Bertz CT molecular complexity index is 1460. The molecule has 182 valence electrons. The Balaban J connectivity index is 1.58. The fourth-order valence-corrected chi connectivity index (χ4v) is 5.22. The molecule has 2 aliphatic rings. The third kappa shape index (κ3) is 3.82. The van der Waals surface area contributed by atoms with E-state index >= 15 is 0 Å². The van der Waals surface area contributed by atoms with Crippen molar-refractivity contribution >= 4 is 17.4 Å². The number of hydrogen-bond donors (Lipinski definition) is 1. The number of benzene rings is 2. The molecule has 2 N–H and O–H groups in total. The highest BCUT2D eigenvalue weighted by Gasteiger charge is 2.34. The van der Waals surface area contributed by atoms with Crippen LogP contribution in [0.2, 0.25) is 0 Å². The van der Waals surface area contributed by atoms with Crippen LogP contribution in [0.1, 0.15) is 43.7 Å². The summed E-state index contributed by atoms with van der Waals surface area (Å²) in [4.78, 5) is 9.84. The summed E-state index contributed by atoms with van der Waals surface area (Å²) in [6.07, 6.45) is 8.56. The summed E-state index contributed by atoms with van der Waals surface area (Å²) >= 11 is 0. The molecule has 1 aliphatic carbocycles. The van der Waals surface area contributed by atoms with Crippen LogP contribution < -0.4 is 10.5 Å². The molecule has 1 fully saturated rings. The molecule has 2 aromatic carbocycles. The Hall–Kier alpha value is -3.77. The van der Waals surface area contributed by atoms with Gasteiger partial charge in [0.1, 0.15) is 5.69 Å². The molecule has 1 aliphatic heterocycles. The molecule has 1 unspecified atom stereocenters. The number of allylic oxidation sites excluding steroid dienone is 1. The van der Waals surface area contributed by atoms with Crippen LogP contribution in [0.3, 0.4) is 0 Å². The van der Waals surface area contributed by atoms with E-state index < -0.39 is 0 Å². The highest BCUT2D eigenvalue weighted by molar-refractivity contribution is 6.13. The zero-order valence-electron chi connectivity index (χ0n) is 20.8. The second-order valence-electron chi connectivity index (χ2n) is 9.88. The Morgan fingerprint density at radius 1 is 1.06 bits per heavy atom. The average Bonchev–Trinajstić information content (AvgIpc) is 3.31. The largest absolute Gasteiger partial charge is 0.480 e. The number of aromatic nitrogens is 3. The first-order chi connectivity index (χ1) is 17.6. The van der Waals surface area contributed by atoms with E-state index in [1.807, 2.05) is 35.0 Å². The highest BCUT2D eigenvalue weighted by Crippen LogP contribution is 2.40. The fourth-order valence-electron chi connectivity index (χ4n) is 5.22. The summed E-state index contributed by atoms with van der Waals surface area (Å²) in [7, 11) is 1.65. The number of hydrogen-bond acceptors (Lipinski definition) is 5. The van der Waals surface area contributed by atoms with Gasteiger partial charge in [0.05, 0.1) is 12.8 Å². The molecule has 0 radical (unpaired) electrons. The predicted molar refractivity (Wildman–Crippen MR) is 145 cm³/mol. The molecule has 4 aromatic rings. The first kappa shape index (κ1) is 22.7. The van der Waals surface area contributed by atoms with E-state index in [1.165, 1.54) is 12.0 Å². The smallest absolute Gasteiger partial charge is 0.232 e. The molecule has 0 bridgehead atoms. The van der Waals surface area contributed by atoms with Crippen molar-refractivity contribution < 1.29 is 4.74 Å². The van der Waals surface area contributed by atoms with Gasteiger partial charge in [-0.25, -0.2) is 9.50 Å². The molecule has 1 atom stereocenters. The molecule has 36 heavy (non-hydrogen) atoms. The maximum Gasteiger partial charge on any atom is 0.232 e. The van der Waals surface area contributed by atoms with Crippen molar-refractivity contribution in [3.63, 3.8) is 0 Å². The van der Waals surface area contributed by atoms with Gasteiger partial charge in [-0.1, -0.05) is 67.6 Å². The summed E-state index contributed by atoms with van der Waals surface area (Å²) in [5.74, 6) is 0.951. The maximum atomic E-state index is 6.59. The molecule has 0 amide bonds. The van der Waals surface area contributed by atoms with Crippen LogP contribution in [-0.4, -0.2) is 34.5 Å². The molecule has 0 spiro atoms. The fraction of sp³-hybridized carbons (Fsp3) is 0.300. The van der Waals surface area contributed by atoms with E-state index in [1.54, 1.807) is 7.11 Å². The van der Waals surface area contributed by atoms with Crippen molar-refractivity contribution in [1.29, 1.82) is 0 Å². The maximum absolute atomic E-state index is 6.59. The van der Waals surface area contributed by atoms with Crippen LogP contribution in [0, 0.1) is 5.92 Å². The van der Waals surface area contributed by atoms with Gasteiger partial charge in [0.2, 0.25) is 5.88 Å². The van der Waals surface area contributed by atoms with E-state index in [0.29, 0.717) is 11.8 Å². The van der Waals surface area contributed by atoms with Gasteiger partial charge in [-0.15, -0.1) is 5.10 Å². The summed E-state index contributed by atoms with van der Waals surface area (Å²) < 4.78 is 7.56. The first-order valence-electron chi connectivity index (χ1n) is 12.7. The van der Waals surface area contributed by atoms with E-state index in [2.05, 4.69) is 54.4 Å². The van der Waals surface area contributed by atoms with Crippen molar-refractivity contribution in [1.82, 2.24) is 14.6 Å². The molecule has 3 heterocycles. The number of rotatable bonds is 6. The van der Waals surface area contributed by atoms with Crippen LogP contribution in [-0.2, 0) is 5.54 Å². The average molecular weight is 478 g/mol. The lowest BCUT2D eigenvalue weighted by atomic mass is 9.72. The van der Waals surface area contributed by atoms with Crippen LogP contribution in [0.25, 0.3) is 33.7 Å². The number of methoxy groups -OCH3 is 1. The van der Waals surface area contributed by atoms with Gasteiger partial charge in [0.15, 0.2) is 5.65 Å². The number of nitrogens with two attached hydrogens (primary N) is 1. The second-order valence-corrected chi connectivity index (χ2v) is 9.88. The summed E-state index contributed by atoms with van der Waals surface area (Å²) in [6.45, 7) is 3.02. The minimum atomic E-state index is -0.190. The number of fused-ring (bicyclic) bond motifs is 1. The molecule has 6 heteroatoms. The van der Waals surface area contributed by atoms with Crippen molar-refractivity contribution in [2.75, 3.05) is 13.7 Å². The first-order valence-corrected chi connectivity index (χ1v) is 12.7. The summed E-state index contributed by atoms with van der Waals surface area (Å²) in [6, 6.07) is 20.9. The normalized spacial score (nSPS) is 18.6. The number of dihydropyridines is 1. The zero-order valence-corrected chi connectivity index (χ0v) is 20.8. The Morgan fingerprint density at radius 3 is 2.50 bits per heavy atom. The lowest BCUT2D eigenvalue weighted by molar-refractivity contribution is 0.253. The van der Waals surface area contributed by atoms with Crippen molar-refractivity contribution in [3.05, 3.63) is 77.9 Å². The van der Waals surface area contributed by atoms with Gasteiger partial charge in [-0.3, -0.25) is 4.99 Å². The molecule has 0 saturated heterocycles. The standard InChI is InChI=1S/C30H31N5O/c1-3-20-16-23(19-32-18-20)25-17-26(36-2)34-35-28(22-8-5-4-6-9-22)27(33-29(25)35)21-10-12-24(13-11-21)30(31)14-7-15-30/h4-6,8-13,16-17,19-20H,3,7,14-15,18,31H2,1-2H3. The molecule has 6 nitrogen and oxygen atoms in total. The molecular weight excluding hydrogens is 446 g/mol. The number of aliphatic imine (C=N–C) groups is 1. The molecule has 1 saturated carbocycles. The minimum absolute atomic E-state index is 0.190. The van der Waals surface area contributed by atoms with Gasteiger partial charge in [0.25, 0.3) is 0 Å². The van der Waals surface area contributed by atoms with Crippen LogP contribution in [0.5, 0.6) is 5.88 Å². The van der Waals surface area contributed by atoms with Crippen LogP contribution in [0.4, 0.5) is 0 Å². The summed E-state index contributed by atoms with van der Waals surface area (Å²) in [5, 5.41) is 4.83. The van der Waals surface area contributed by atoms with Crippen molar-refractivity contribution in [2.45, 2.75) is 38.1 Å². The van der Waals surface area contributed by atoms with E-state index in [-0.39, 0.29) is 5.54 Å². The van der Waals surface area contributed by atoms with Gasteiger partial charge in [0, 0.05) is 41.1 Å². The van der Waals surface area contributed by atoms with Crippen molar-refractivity contribution in [3.8, 4) is 28.4 Å². The van der Waals surface area contributed by atoms with Gasteiger partial charge < -0.3 is 10.5 Å². The van der Waals surface area contributed by atoms with E-state index in [0.717, 1.165) is 65.1 Å². The van der Waals surface area contributed by atoms with Gasteiger partial charge >= 0.3 is 0 Å². The molecular formula is C30H31N5O. The van der Waals surface area contributed by atoms with Crippen molar-refractivity contribution in [2.24, 2.45) is 16.6 Å². The minimum Gasteiger partial charge on any atom is -0.480 e. The van der Waals surface area contributed by atoms with Crippen LogP contribution in [0.15, 0.2) is 71.7 Å². The second kappa shape index (κ2) is 9.03. The van der Waals surface area contributed by atoms with Gasteiger partial charge in [-0.05, 0) is 42.7 Å². The topological polar surface area (TPSA) is 77.8 Å². The SMILES string of the molecule is CCC1C=C(c2cc(OC)nn3c(-c4ccccc4)c(-c4ccc(C5(N)CCC5)cc4)nc23)C=NC1. The molecule has 6 rings (SSSR count). The third-order valence-corrected chi connectivity index (χ3v) is 7.62. The zero-order chi connectivity index (χ0) is 24.7. The summed E-state index contributed by atoms with van der Waals surface area (Å²) in [5.41, 5.74) is 14.3. The third-order valence-electron chi connectivity index (χ3n) is 7.62. The van der Waals surface area contributed by atoms with E-state index in [9.17, 15) is 0 Å². The monoisotopic (exact) mass is 477 g/mol. The predicted octanol–water partition coefficient (Wildman–Crippen LogP) is 5.90. The quantitative estimate of drug-likeness (QED) is 0.375. The number of nitrogens with zero attached hydrogens (tertiary/aromatic N) is 4. The van der Waals surface area contributed by atoms with Crippen LogP contribution >= 0.6 is 0 Å². The Morgan fingerprint density at radius 2 is 1.83 bits per heavy atom. The van der Waals surface area contributed by atoms with Gasteiger partial charge in [-0.2, -0.15) is 0 Å². The Labute approximate surface area is 211 Å². The number of imidazole rings is 1. The lowest BCUT2D eigenvalue weighted by Crippen LogP contribution is -2.43. The Kier molecular flexibility index (Phi) is 5.69. The lowest BCUT2D eigenvalue weighted by Gasteiger charge is -2.38. The molecule has 2 aromatic heterocycles. The van der Waals surface area contributed by atoms with E-state index in [4.69, 9.17) is 20.6 Å².